The van der Waals surface area contributed by atoms with E-state index in [9.17, 15) is 9.59 Å². The predicted molar refractivity (Wildman–Crippen MR) is 140 cm³/mol. The Kier molecular flexibility index (Phi) is 7.22. The zero-order chi connectivity index (χ0) is 26.5. The molecule has 0 unspecified atom stereocenters. The molecule has 194 valence electrons. The van der Waals surface area contributed by atoms with Gasteiger partial charge in [-0.05, 0) is 36.4 Å². The van der Waals surface area contributed by atoms with Crippen molar-refractivity contribution in [3.8, 4) is 5.75 Å². The minimum absolute atomic E-state index is 0.347. The van der Waals surface area contributed by atoms with Gasteiger partial charge in [-0.2, -0.15) is 4.98 Å². The molecule has 38 heavy (non-hydrogen) atoms. The summed E-state index contributed by atoms with van der Waals surface area (Å²) in [5, 5.41) is 6.66. The van der Waals surface area contributed by atoms with Crippen LogP contribution in [0.25, 0.3) is 10.9 Å². The fraction of sp³-hybridized carbons (Fsp3) is 0.231. The smallest absolute Gasteiger partial charge is 0.337 e. The summed E-state index contributed by atoms with van der Waals surface area (Å²) in [5.74, 6) is 1.19. The van der Waals surface area contributed by atoms with E-state index < -0.39 is 5.97 Å². The molecule has 1 aliphatic heterocycles. The Balaban J connectivity index is 1.42. The van der Waals surface area contributed by atoms with Crippen molar-refractivity contribution in [3.63, 3.8) is 0 Å². The third-order valence-electron chi connectivity index (χ3n) is 5.98. The molecule has 1 amide bonds. The highest BCUT2D eigenvalue weighted by molar-refractivity contribution is 6.07. The van der Waals surface area contributed by atoms with Gasteiger partial charge in [-0.1, -0.05) is 0 Å². The molecule has 1 fully saturated rings. The van der Waals surface area contributed by atoms with Crippen molar-refractivity contribution in [2.45, 2.75) is 0 Å². The first-order chi connectivity index (χ1) is 18.6. The number of nitrogens with zero attached hydrogens (tertiary/aromatic N) is 5. The van der Waals surface area contributed by atoms with Crippen LogP contribution in [0.1, 0.15) is 20.7 Å². The summed E-state index contributed by atoms with van der Waals surface area (Å²) in [6.07, 6.45) is 3.11. The number of methoxy groups -OCH3 is 2. The lowest BCUT2D eigenvalue weighted by Gasteiger charge is -2.27. The molecule has 0 aliphatic carbocycles. The van der Waals surface area contributed by atoms with Crippen molar-refractivity contribution in [3.05, 3.63) is 66.1 Å². The number of carbonyl (C=O) groups excluding carboxylic acids is 2. The summed E-state index contributed by atoms with van der Waals surface area (Å²) >= 11 is 0. The number of anilines is 4. The number of fused-ring (bicyclic) bond motifs is 1. The first-order valence-electron chi connectivity index (χ1n) is 11.8. The van der Waals surface area contributed by atoms with Gasteiger partial charge < -0.3 is 29.7 Å². The Hall–Kier alpha value is -4.84. The average Bonchev–Trinajstić information content (AvgIpc) is 2.97. The Bertz CT molecular complexity index is 1470. The second-order valence-electron chi connectivity index (χ2n) is 8.28. The van der Waals surface area contributed by atoms with Crippen LogP contribution in [0.15, 0.2) is 55.0 Å². The normalized spacial score (nSPS) is 13.2. The van der Waals surface area contributed by atoms with Crippen LogP contribution in [0, 0.1) is 0 Å². The van der Waals surface area contributed by atoms with E-state index in [-0.39, 0.29) is 5.91 Å². The van der Waals surface area contributed by atoms with Crippen LogP contribution in [-0.4, -0.2) is 72.3 Å². The highest BCUT2D eigenvalue weighted by Gasteiger charge is 2.17. The SMILES string of the molecule is COC(=O)c1ccc(C(=O)Nc2cc3c(Nc4nccc(N5CCOCC5)n4)ncnc3cc2OC)cc1. The highest BCUT2D eigenvalue weighted by atomic mass is 16.5. The summed E-state index contributed by atoms with van der Waals surface area (Å²) in [4.78, 5) is 44.5. The molecule has 3 heterocycles. The number of nitrogens with one attached hydrogen (secondary N) is 2. The fourth-order valence-electron chi connectivity index (χ4n) is 4.00. The molecule has 2 aromatic carbocycles. The summed E-state index contributed by atoms with van der Waals surface area (Å²) in [7, 11) is 2.81. The van der Waals surface area contributed by atoms with Gasteiger partial charge in [-0.3, -0.25) is 4.79 Å². The van der Waals surface area contributed by atoms with Crippen LogP contribution in [0.3, 0.4) is 0 Å². The number of aromatic nitrogens is 4. The second-order valence-corrected chi connectivity index (χ2v) is 8.28. The van der Waals surface area contributed by atoms with Gasteiger partial charge in [0, 0.05) is 36.3 Å². The van der Waals surface area contributed by atoms with Gasteiger partial charge in [0.05, 0.1) is 44.2 Å². The maximum atomic E-state index is 13.0. The van der Waals surface area contributed by atoms with Gasteiger partial charge in [0.2, 0.25) is 5.95 Å². The van der Waals surface area contributed by atoms with E-state index in [1.165, 1.54) is 32.7 Å². The molecule has 0 spiro atoms. The van der Waals surface area contributed by atoms with Crippen molar-refractivity contribution < 1.29 is 23.8 Å². The van der Waals surface area contributed by atoms with Crippen LogP contribution in [0.4, 0.5) is 23.3 Å². The number of ether oxygens (including phenoxy) is 3. The zero-order valence-electron chi connectivity index (χ0n) is 20.8. The van der Waals surface area contributed by atoms with Gasteiger partial charge in [-0.15, -0.1) is 0 Å². The van der Waals surface area contributed by atoms with Gasteiger partial charge in [0.25, 0.3) is 5.91 Å². The Morgan fingerprint density at radius 1 is 0.974 bits per heavy atom. The standard InChI is InChI=1S/C26H25N7O5/c1-36-21-14-19-18(13-20(21)30-24(34)16-3-5-17(6-4-16)25(35)37-2)23(29-15-28-19)32-26-27-8-7-22(31-26)33-9-11-38-12-10-33/h3-8,13-15H,9-12H2,1-2H3,(H,30,34)(H,27,28,29,31,32). The molecule has 0 saturated carbocycles. The predicted octanol–water partition coefficient (Wildman–Crippen LogP) is 3.05. The number of carbonyl (C=O) groups is 2. The lowest BCUT2D eigenvalue weighted by Crippen LogP contribution is -2.36. The Morgan fingerprint density at radius 2 is 1.74 bits per heavy atom. The Labute approximate surface area is 218 Å². The molecule has 1 aliphatic rings. The first-order valence-corrected chi connectivity index (χ1v) is 11.8. The Morgan fingerprint density at radius 3 is 2.47 bits per heavy atom. The van der Waals surface area contributed by atoms with Crippen LogP contribution in [0.2, 0.25) is 0 Å². The number of benzene rings is 2. The minimum atomic E-state index is -0.479. The van der Waals surface area contributed by atoms with E-state index in [0.29, 0.717) is 58.4 Å². The maximum absolute atomic E-state index is 13.0. The van der Waals surface area contributed by atoms with E-state index in [1.54, 1.807) is 30.5 Å². The number of morpholine rings is 1. The molecule has 2 N–H and O–H groups in total. The van der Waals surface area contributed by atoms with Crippen LogP contribution >= 0.6 is 0 Å². The molecule has 2 aromatic heterocycles. The molecular weight excluding hydrogens is 490 g/mol. The van der Waals surface area contributed by atoms with Crippen molar-refractivity contribution in [1.82, 2.24) is 19.9 Å². The number of hydrogen-bond acceptors (Lipinski definition) is 11. The number of hydrogen-bond donors (Lipinski definition) is 2. The lowest BCUT2D eigenvalue weighted by atomic mass is 10.1. The summed E-state index contributed by atoms with van der Waals surface area (Å²) in [6.45, 7) is 2.80. The van der Waals surface area contributed by atoms with Crippen LogP contribution in [0.5, 0.6) is 5.75 Å². The quantitative estimate of drug-likeness (QED) is 0.351. The zero-order valence-corrected chi connectivity index (χ0v) is 20.8. The monoisotopic (exact) mass is 515 g/mol. The van der Waals surface area contributed by atoms with E-state index in [1.807, 2.05) is 6.07 Å². The molecule has 12 nitrogen and oxygen atoms in total. The molecule has 0 bridgehead atoms. The molecule has 5 rings (SSSR count). The van der Waals surface area contributed by atoms with Gasteiger partial charge in [0.1, 0.15) is 23.7 Å². The third kappa shape index (κ3) is 5.30. The van der Waals surface area contributed by atoms with Gasteiger partial charge in [-0.25, -0.2) is 19.7 Å². The van der Waals surface area contributed by atoms with Crippen molar-refractivity contribution in [2.24, 2.45) is 0 Å². The van der Waals surface area contributed by atoms with E-state index in [4.69, 9.17) is 14.2 Å². The molecule has 0 atom stereocenters. The summed E-state index contributed by atoms with van der Waals surface area (Å²) < 4.78 is 15.6. The summed E-state index contributed by atoms with van der Waals surface area (Å²) in [6, 6.07) is 11.4. The minimum Gasteiger partial charge on any atom is -0.494 e. The summed E-state index contributed by atoms with van der Waals surface area (Å²) in [5.41, 5.74) is 1.72. The topological polar surface area (TPSA) is 141 Å². The van der Waals surface area contributed by atoms with E-state index >= 15 is 0 Å². The second kappa shape index (κ2) is 11.0. The maximum Gasteiger partial charge on any atom is 0.337 e. The molecule has 1 saturated heterocycles. The third-order valence-corrected chi connectivity index (χ3v) is 5.98. The molecule has 12 heteroatoms. The van der Waals surface area contributed by atoms with Crippen molar-refractivity contribution >= 4 is 46.1 Å². The van der Waals surface area contributed by atoms with Crippen molar-refractivity contribution in [2.75, 3.05) is 56.1 Å². The molecule has 0 radical (unpaired) electrons. The lowest BCUT2D eigenvalue weighted by molar-refractivity contribution is 0.0600. The van der Waals surface area contributed by atoms with Crippen LogP contribution < -0.4 is 20.3 Å². The van der Waals surface area contributed by atoms with Gasteiger partial charge >= 0.3 is 5.97 Å². The first kappa shape index (κ1) is 24.8. The van der Waals surface area contributed by atoms with Crippen LogP contribution in [-0.2, 0) is 9.47 Å². The largest absolute Gasteiger partial charge is 0.494 e. The number of esters is 1. The van der Waals surface area contributed by atoms with E-state index in [0.717, 1.165) is 18.9 Å². The molecular formula is C26H25N7O5. The van der Waals surface area contributed by atoms with E-state index in [2.05, 4.69) is 35.5 Å². The fourth-order valence-corrected chi connectivity index (χ4v) is 4.00. The van der Waals surface area contributed by atoms with Gasteiger partial charge in [0.15, 0.2) is 0 Å². The highest BCUT2D eigenvalue weighted by Crippen LogP contribution is 2.33. The molecule has 4 aromatic rings. The van der Waals surface area contributed by atoms with Crippen molar-refractivity contribution in [1.29, 1.82) is 0 Å². The average molecular weight is 516 g/mol. The number of rotatable bonds is 7. The number of amides is 1.